The van der Waals surface area contributed by atoms with Gasteiger partial charge in [0.15, 0.2) is 0 Å². The Morgan fingerprint density at radius 1 is 0.750 bits per heavy atom. The van der Waals surface area contributed by atoms with Gasteiger partial charge in [-0.3, -0.25) is 8.42 Å². The van der Waals surface area contributed by atoms with E-state index in [1.165, 1.54) is 0 Å². The van der Waals surface area contributed by atoms with E-state index in [0.717, 1.165) is 0 Å². The van der Waals surface area contributed by atoms with Crippen molar-refractivity contribution in [2.75, 3.05) is 0 Å². The van der Waals surface area contributed by atoms with Crippen LogP contribution in [0.25, 0.3) is 0 Å². The van der Waals surface area contributed by atoms with Gasteiger partial charge in [-0.1, -0.05) is 0 Å². The summed E-state index contributed by atoms with van der Waals surface area (Å²) in [6, 6.07) is 0. The molecule has 0 saturated heterocycles. The summed E-state index contributed by atoms with van der Waals surface area (Å²) in [5.41, 5.74) is 0. The van der Waals surface area contributed by atoms with Crippen LogP contribution < -0.4 is 0 Å². The first-order chi connectivity index (χ1) is 2.00. The molecule has 0 saturated carbocycles. The molecule has 1 radical (unpaired) electrons. The van der Waals surface area contributed by atoms with Gasteiger partial charge in [0.1, 0.15) is 0 Å². The quantitative estimate of drug-likeness (QED) is 0.232. The van der Waals surface area contributed by atoms with E-state index >= 15 is 0 Å². The molecule has 0 bridgehead atoms. The van der Waals surface area contributed by atoms with Gasteiger partial charge in [0.05, 0.1) is 0 Å². The predicted molar refractivity (Wildman–Crippen MR) is 35.5 cm³/mol. The maximum Gasteiger partial charge on any atom is 4.00 e. The van der Waals surface area contributed by atoms with E-state index in [0.29, 0.717) is 0 Å². The molecule has 0 unspecified atom stereocenters. The van der Waals surface area contributed by atoms with Crippen LogP contribution in [0.1, 0.15) is 0 Å². The largest absolute Gasteiger partial charge is 4.00 e. The molecule has 0 heterocycles. The fourth-order valence-corrected chi connectivity index (χ4v) is 0. The van der Waals surface area contributed by atoms with Gasteiger partial charge in [0, 0.05) is 10.4 Å². The Bertz CT molecular complexity index is 93.0. The molecule has 0 rings (SSSR count). The molecule has 0 amide bonds. The Labute approximate surface area is 79.9 Å². The van der Waals surface area contributed by atoms with Crippen molar-refractivity contribution in [3.8, 4) is 0 Å². The van der Waals surface area contributed by atoms with Crippen LogP contribution in [0.15, 0.2) is 0 Å². The first-order valence-corrected chi connectivity index (χ1v) is 2.00. The molecule has 0 aromatic heterocycles. The van der Waals surface area contributed by atoms with Crippen LogP contribution in [0.5, 0.6) is 0 Å². The fourth-order valence-electron chi connectivity index (χ4n) is 0. The van der Waals surface area contributed by atoms with Crippen LogP contribution in [0.2, 0.25) is 0 Å². The van der Waals surface area contributed by atoms with E-state index in [2.05, 4.69) is 0 Å². The summed E-state index contributed by atoms with van der Waals surface area (Å²) in [6.45, 7) is 0. The SMILES string of the molecule is O=S(=O)([O-])[O-].[O-2].[OH3+].[OH3+].[OH3+].[OH3+].[OH3+].[V+4]. The van der Waals surface area contributed by atoms with Crippen molar-refractivity contribution in [1.29, 1.82) is 0 Å². The molecule has 0 spiro atoms. The summed E-state index contributed by atoms with van der Waals surface area (Å²) < 4.78 is 34.1. The van der Waals surface area contributed by atoms with Crippen LogP contribution in [-0.4, -0.2) is 17.5 Å². The van der Waals surface area contributed by atoms with Crippen molar-refractivity contribution in [3.63, 3.8) is 0 Å². The van der Waals surface area contributed by atoms with Crippen LogP contribution >= 0.6 is 0 Å². The summed E-state index contributed by atoms with van der Waals surface area (Å²) in [7, 11) is -5.17. The average Bonchev–Trinajstić information content (AvgIpc) is 0.722. The molecule has 0 aromatic carbocycles. The van der Waals surface area contributed by atoms with E-state index in [-0.39, 0.29) is 51.4 Å². The number of hydrogen-bond donors (Lipinski definition) is 0. The maximum absolute atomic E-state index is 8.52. The zero-order valence-electron chi connectivity index (χ0n) is 5.78. The third-order valence-electron chi connectivity index (χ3n) is 0. The molecule has 12 heteroatoms. The van der Waals surface area contributed by atoms with Gasteiger partial charge in [-0.2, -0.15) is 0 Å². The average molecular weight is 258 g/mol. The van der Waals surface area contributed by atoms with Gasteiger partial charge in [-0.05, 0) is 0 Å². The smallest absolute Gasteiger partial charge is 2.00 e. The summed E-state index contributed by atoms with van der Waals surface area (Å²) in [4.78, 5) is 0. The normalized spacial score (nSPS) is 4.83. The molecular formula is H15O10SV+5. The zero-order valence-corrected chi connectivity index (χ0v) is 8.00. The second-order valence-corrected chi connectivity index (χ2v) is 1.22. The van der Waals surface area contributed by atoms with Gasteiger partial charge in [-0.25, -0.2) is 0 Å². The number of hydrogen-bond acceptors (Lipinski definition) is 4. The second-order valence-electron chi connectivity index (χ2n) is 0.408. The van der Waals surface area contributed by atoms with Crippen LogP contribution in [-0.2, 0) is 61.8 Å². The maximum atomic E-state index is 8.52. The summed E-state index contributed by atoms with van der Waals surface area (Å²) in [6.07, 6.45) is 0. The Balaban J connectivity index is -0.00000000381. The van der Waals surface area contributed by atoms with Gasteiger partial charge in [-0.15, -0.1) is 0 Å². The first-order valence-electron chi connectivity index (χ1n) is 0.667. The summed E-state index contributed by atoms with van der Waals surface area (Å²) in [5.74, 6) is 0. The molecular weight excluding hydrogens is 243 g/mol. The van der Waals surface area contributed by atoms with Crippen LogP contribution in [0.3, 0.4) is 0 Å². The van der Waals surface area contributed by atoms with E-state index in [9.17, 15) is 0 Å². The van der Waals surface area contributed by atoms with Crippen molar-refractivity contribution >= 4 is 10.4 Å². The van der Waals surface area contributed by atoms with Gasteiger partial charge in [0.2, 0.25) is 0 Å². The third-order valence-corrected chi connectivity index (χ3v) is 0. The van der Waals surface area contributed by atoms with E-state index in [1.54, 1.807) is 0 Å². The first kappa shape index (κ1) is 86.5. The van der Waals surface area contributed by atoms with Crippen molar-refractivity contribution in [2.24, 2.45) is 0 Å². The Morgan fingerprint density at radius 2 is 0.750 bits per heavy atom. The molecule has 10 nitrogen and oxygen atoms in total. The summed E-state index contributed by atoms with van der Waals surface area (Å²) in [5, 5.41) is 0. The molecule has 0 fully saturated rings. The predicted octanol–water partition coefficient (Wildman–Crippen LogP) is -6.07. The van der Waals surface area contributed by atoms with Crippen molar-refractivity contribution in [2.45, 2.75) is 0 Å². The molecule has 0 aliphatic carbocycles. The Kier molecular flexibility index (Phi) is 218. The molecule has 0 aliphatic rings. The van der Waals surface area contributed by atoms with Crippen LogP contribution in [0, 0.1) is 0 Å². The van der Waals surface area contributed by atoms with Crippen LogP contribution in [0.4, 0.5) is 0 Å². The van der Waals surface area contributed by atoms with Crippen molar-refractivity contribution in [1.82, 2.24) is 0 Å². The summed E-state index contributed by atoms with van der Waals surface area (Å²) >= 11 is 0. The molecule has 0 aromatic rings. The minimum Gasteiger partial charge on any atom is -2.00 e. The van der Waals surface area contributed by atoms with Gasteiger partial charge in [0.25, 0.3) is 0 Å². The minimum atomic E-state index is -5.17. The Hall–Kier alpha value is 0.214. The fraction of sp³-hybridized carbons (Fsp3) is 0. The molecule has 15 N–H and O–H groups in total. The minimum absolute atomic E-state index is 0. The monoisotopic (exact) mass is 258 g/mol. The molecule has 81 valence electrons. The standard InChI is InChI=1S/H2O4S.5H2O.O.V/c1-5(2,3)4;;;;;;;/h(H2,1,2,3,4);5*1H2;;/q;;;;;;-2;+4/p+3. The molecule has 0 aliphatic heterocycles. The topological polar surface area (TPSA) is 274 Å². The molecule has 12 heavy (non-hydrogen) atoms. The molecule has 0 atom stereocenters. The van der Waals surface area contributed by atoms with E-state index in [1.807, 2.05) is 0 Å². The van der Waals surface area contributed by atoms with Crippen molar-refractivity contribution < 1.29 is 68.9 Å². The number of rotatable bonds is 0. The third kappa shape index (κ3) is 18900. The van der Waals surface area contributed by atoms with Gasteiger partial charge >= 0.3 is 18.6 Å². The Morgan fingerprint density at radius 3 is 0.750 bits per heavy atom. The second kappa shape index (κ2) is 30.3. The zero-order chi connectivity index (χ0) is 4.50. The van der Waals surface area contributed by atoms with E-state index < -0.39 is 10.4 Å². The van der Waals surface area contributed by atoms with Gasteiger partial charge < -0.3 is 42.0 Å². The van der Waals surface area contributed by atoms with Crippen molar-refractivity contribution in [3.05, 3.63) is 0 Å². The van der Waals surface area contributed by atoms with E-state index in [4.69, 9.17) is 17.5 Å².